The summed E-state index contributed by atoms with van der Waals surface area (Å²) in [4.78, 5) is 29.0. The van der Waals surface area contributed by atoms with Crippen molar-refractivity contribution in [3.05, 3.63) is 71.3 Å². The molecule has 4 rings (SSSR count). The number of rotatable bonds is 11. The molecule has 0 bridgehead atoms. The first-order valence-corrected chi connectivity index (χ1v) is 12.4. The number of methoxy groups -OCH3 is 1. The molecule has 0 saturated heterocycles. The Morgan fingerprint density at radius 2 is 1.71 bits per heavy atom. The third kappa shape index (κ3) is 6.05. The average Bonchev–Trinajstić information content (AvgIpc) is 3.60. The number of tetrazole rings is 1. The summed E-state index contributed by atoms with van der Waals surface area (Å²) < 4.78 is 16.6. The number of nitrogens with one attached hydrogen (secondary N) is 1. The van der Waals surface area contributed by atoms with Gasteiger partial charge in [-0.3, -0.25) is 0 Å². The molecular weight excluding hydrogens is 488 g/mol. The van der Waals surface area contributed by atoms with Crippen LogP contribution in [0.1, 0.15) is 47.8 Å². The Morgan fingerprint density at radius 1 is 0.974 bits per heavy atom. The molecule has 0 saturated carbocycles. The Balaban J connectivity index is 1.58. The average molecular weight is 519 g/mol. The quantitative estimate of drug-likeness (QED) is 0.229. The standard InChI is InChI=1S/C27H30N6O5/c1-4-8-23-28-22(5-2)24(26(34)37-15-16-38-27(35)36-3)33(23)17-18-11-13-19(14-12-18)20-9-6-7-10-21(20)25-29-31-32-30-25/h6-7,9-14H,4-5,8,15-17H2,1-3H3,(H,29,30,31,32). The molecule has 0 aliphatic carbocycles. The van der Waals surface area contributed by atoms with Gasteiger partial charge in [0, 0.05) is 18.5 Å². The van der Waals surface area contributed by atoms with Gasteiger partial charge in [0.15, 0.2) is 5.69 Å². The van der Waals surface area contributed by atoms with Crippen molar-refractivity contribution in [2.75, 3.05) is 20.3 Å². The topological polar surface area (TPSA) is 134 Å². The molecule has 0 atom stereocenters. The molecule has 38 heavy (non-hydrogen) atoms. The predicted octanol–water partition coefficient (Wildman–Crippen LogP) is 4.23. The summed E-state index contributed by atoms with van der Waals surface area (Å²) in [5, 5.41) is 14.4. The number of hydrogen-bond acceptors (Lipinski definition) is 9. The molecule has 4 aromatic rings. The van der Waals surface area contributed by atoms with Gasteiger partial charge in [-0.15, -0.1) is 10.2 Å². The predicted molar refractivity (Wildman–Crippen MR) is 138 cm³/mol. The maximum Gasteiger partial charge on any atom is 0.508 e. The van der Waals surface area contributed by atoms with E-state index in [-0.39, 0.29) is 13.2 Å². The molecule has 0 radical (unpaired) electrons. The lowest BCUT2D eigenvalue weighted by atomic mass is 9.98. The summed E-state index contributed by atoms with van der Waals surface area (Å²) in [6.07, 6.45) is 1.36. The van der Waals surface area contributed by atoms with Gasteiger partial charge in [-0.25, -0.2) is 14.6 Å². The molecule has 0 spiro atoms. The van der Waals surface area contributed by atoms with E-state index in [9.17, 15) is 9.59 Å². The number of imidazole rings is 1. The van der Waals surface area contributed by atoms with Crippen LogP contribution in [0.3, 0.4) is 0 Å². The number of hydrogen-bond donors (Lipinski definition) is 1. The summed E-state index contributed by atoms with van der Waals surface area (Å²) in [5.41, 5.74) is 4.97. The fraction of sp³-hybridized carbons (Fsp3) is 0.333. The van der Waals surface area contributed by atoms with Crippen molar-refractivity contribution < 1.29 is 23.8 Å². The van der Waals surface area contributed by atoms with Crippen LogP contribution in [-0.4, -0.2) is 62.6 Å². The fourth-order valence-electron chi connectivity index (χ4n) is 4.18. The van der Waals surface area contributed by atoms with Crippen molar-refractivity contribution in [2.24, 2.45) is 0 Å². The van der Waals surface area contributed by atoms with E-state index in [0.717, 1.165) is 40.9 Å². The smallest absolute Gasteiger partial charge is 0.457 e. The number of carbonyl (C=O) groups is 2. The highest BCUT2D eigenvalue weighted by atomic mass is 16.7. The summed E-state index contributed by atoms with van der Waals surface area (Å²) in [7, 11) is 1.22. The van der Waals surface area contributed by atoms with Crippen LogP contribution in [0.15, 0.2) is 48.5 Å². The van der Waals surface area contributed by atoms with Gasteiger partial charge in [0.2, 0.25) is 5.82 Å². The molecule has 0 aliphatic heterocycles. The number of esters is 1. The zero-order valence-electron chi connectivity index (χ0n) is 21.6. The van der Waals surface area contributed by atoms with Crippen LogP contribution < -0.4 is 0 Å². The molecule has 0 aliphatic rings. The number of aromatic amines is 1. The number of nitrogens with zero attached hydrogens (tertiary/aromatic N) is 5. The highest BCUT2D eigenvalue weighted by Crippen LogP contribution is 2.30. The van der Waals surface area contributed by atoms with E-state index in [1.165, 1.54) is 7.11 Å². The summed E-state index contributed by atoms with van der Waals surface area (Å²) in [6.45, 7) is 4.30. The van der Waals surface area contributed by atoms with E-state index >= 15 is 0 Å². The van der Waals surface area contributed by atoms with Gasteiger partial charge >= 0.3 is 12.1 Å². The van der Waals surface area contributed by atoms with Crippen molar-refractivity contribution in [3.63, 3.8) is 0 Å². The Hall–Kier alpha value is -4.54. The monoisotopic (exact) mass is 518 g/mol. The second kappa shape index (κ2) is 12.6. The molecule has 0 amide bonds. The van der Waals surface area contributed by atoms with E-state index in [0.29, 0.717) is 30.2 Å². The molecule has 2 heterocycles. The normalized spacial score (nSPS) is 10.8. The summed E-state index contributed by atoms with van der Waals surface area (Å²) in [5.74, 6) is 0.851. The molecule has 11 nitrogen and oxygen atoms in total. The Labute approximate surface area is 220 Å². The number of ether oxygens (including phenoxy) is 3. The molecule has 0 unspecified atom stereocenters. The van der Waals surface area contributed by atoms with E-state index in [1.807, 2.05) is 60.0 Å². The van der Waals surface area contributed by atoms with Crippen molar-refractivity contribution in [1.82, 2.24) is 30.2 Å². The lowest BCUT2D eigenvalue weighted by molar-refractivity contribution is 0.0278. The number of H-pyrrole nitrogens is 1. The van der Waals surface area contributed by atoms with Gasteiger partial charge < -0.3 is 18.8 Å². The van der Waals surface area contributed by atoms with Crippen molar-refractivity contribution >= 4 is 12.1 Å². The minimum absolute atomic E-state index is 0.0835. The van der Waals surface area contributed by atoms with Gasteiger partial charge in [0.1, 0.15) is 19.0 Å². The van der Waals surface area contributed by atoms with Crippen LogP contribution in [-0.2, 0) is 33.6 Å². The van der Waals surface area contributed by atoms with Gasteiger partial charge in [-0.1, -0.05) is 62.4 Å². The SMILES string of the molecule is CCCc1nc(CC)c(C(=O)OCCOC(=O)OC)n1Cc1ccc(-c2ccccc2-c2nn[nH]n2)cc1. The highest BCUT2D eigenvalue weighted by molar-refractivity contribution is 5.89. The number of aryl methyl sites for hydroxylation is 2. The first kappa shape index (κ1) is 26.5. The van der Waals surface area contributed by atoms with Crippen LogP contribution in [0.2, 0.25) is 0 Å². The third-order valence-corrected chi connectivity index (χ3v) is 5.94. The first-order valence-electron chi connectivity index (χ1n) is 12.4. The molecule has 1 N–H and O–H groups in total. The maximum atomic E-state index is 13.1. The van der Waals surface area contributed by atoms with E-state index in [2.05, 4.69) is 32.3 Å². The minimum Gasteiger partial charge on any atom is -0.457 e. The van der Waals surface area contributed by atoms with Crippen LogP contribution in [0, 0.1) is 0 Å². The minimum atomic E-state index is -0.825. The highest BCUT2D eigenvalue weighted by Gasteiger charge is 2.23. The zero-order chi connectivity index (χ0) is 26.9. The number of benzene rings is 2. The Bertz CT molecular complexity index is 1370. The molecular formula is C27H30N6O5. The third-order valence-electron chi connectivity index (χ3n) is 5.94. The molecule has 2 aromatic carbocycles. The van der Waals surface area contributed by atoms with Crippen molar-refractivity contribution in [2.45, 2.75) is 39.7 Å². The van der Waals surface area contributed by atoms with Crippen LogP contribution in [0.5, 0.6) is 0 Å². The lowest BCUT2D eigenvalue weighted by Crippen LogP contribution is -2.19. The summed E-state index contributed by atoms with van der Waals surface area (Å²) >= 11 is 0. The van der Waals surface area contributed by atoms with Crippen molar-refractivity contribution in [1.29, 1.82) is 0 Å². The van der Waals surface area contributed by atoms with E-state index in [1.54, 1.807) is 0 Å². The second-order valence-electron chi connectivity index (χ2n) is 8.43. The lowest BCUT2D eigenvalue weighted by Gasteiger charge is -2.13. The van der Waals surface area contributed by atoms with Crippen LogP contribution in [0.25, 0.3) is 22.5 Å². The summed E-state index contributed by atoms with van der Waals surface area (Å²) in [6, 6.07) is 16.0. The van der Waals surface area contributed by atoms with Crippen LogP contribution in [0.4, 0.5) is 4.79 Å². The fourth-order valence-corrected chi connectivity index (χ4v) is 4.18. The molecule has 198 valence electrons. The Kier molecular flexibility index (Phi) is 8.81. The second-order valence-corrected chi connectivity index (χ2v) is 8.43. The van der Waals surface area contributed by atoms with Gasteiger partial charge in [0.25, 0.3) is 0 Å². The number of aromatic nitrogens is 6. The maximum absolute atomic E-state index is 13.1. The van der Waals surface area contributed by atoms with Gasteiger partial charge in [-0.05, 0) is 34.7 Å². The van der Waals surface area contributed by atoms with Gasteiger partial charge in [-0.2, -0.15) is 5.21 Å². The molecule has 11 heteroatoms. The first-order chi connectivity index (χ1) is 18.5. The van der Waals surface area contributed by atoms with E-state index < -0.39 is 12.1 Å². The van der Waals surface area contributed by atoms with E-state index in [4.69, 9.17) is 14.5 Å². The largest absolute Gasteiger partial charge is 0.508 e. The van der Waals surface area contributed by atoms with Crippen LogP contribution >= 0.6 is 0 Å². The van der Waals surface area contributed by atoms with Gasteiger partial charge in [0.05, 0.1) is 12.8 Å². The number of carbonyl (C=O) groups excluding carboxylic acids is 2. The Morgan fingerprint density at radius 3 is 2.37 bits per heavy atom. The molecule has 0 fully saturated rings. The molecule has 2 aromatic heterocycles. The zero-order valence-corrected chi connectivity index (χ0v) is 21.6. The van der Waals surface area contributed by atoms with Crippen molar-refractivity contribution in [3.8, 4) is 22.5 Å².